The van der Waals surface area contributed by atoms with Gasteiger partial charge in [0.25, 0.3) is 0 Å². The van der Waals surface area contributed by atoms with E-state index in [0.29, 0.717) is 21.1 Å². The third-order valence-electron chi connectivity index (χ3n) is 3.64. The average Bonchev–Trinajstić information content (AvgIpc) is 2.36. The van der Waals surface area contributed by atoms with E-state index in [4.69, 9.17) is 34.8 Å². The SMILES string of the molecule is CC(NC1CCCN(C)C1)c1ccc(Cl)c(Cl)c1Cl. The van der Waals surface area contributed by atoms with Crippen molar-refractivity contribution < 1.29 is 0 Å². The summed E-state index contributed by atoms with van der Waals surface area (Å²) in [6, 6.07) is 4.41. The van der Waals surface area contributed by atoms with Crippen LogP contribution in [0.3, 0.4) is 0 Å². The van der Waals surface area contributed by atoms with Crippen LogP contribution < -0.4 is 5.32 Å². The van der Waals surface area contributed by atoms with Crippen LogP contribution in [0, 0.1) is 0 Å². The van der Waals surface area contributed by atoms with Gasteiger partial charge in [-0.05, 0) is 45.0 Å². The number of benzene rings is 1. The number of likely N-dealkylation sites (N-methyl/N-ethyl adjacent to an activating group) is 1. The molecule has 0 spiro atoms. The van der Waals surface area contributed by atoms with Crippen molar-refractivity contribution in [1.82, 2.24) is 10.2 Å². The Hall–Kier alpha value is 0.01000. The minimum absolute atomic E-state index is 0.166. The van der Waals surface area contributed by atoms with Gasteiger partial charge in [0.2, 0.25) is 0 Å². The highest BCUT2D eigenvalue weighted by Gasteiger charge is 2.21. The van der Waals surface area contributed by atoms with E-state index >= 15 is 0 Å². The predicted octanol–water partition coefficient (Wildman–Crippen LogP) is 4.39. The summed E-state index contributed by atoms with van der Waals surface area (Å²) in [6.45, 7) is 4.36. The molecule has 2 rings (SSSR count). The number of hydrogen-bond acceptors (Lipinski definition) is 2. The molecule has 0 bridgehead atoms. The van der Waals surface area contributed by atoms with Crippen molar-refractivity contribution >= 4 is 34.8 Å². The molecule has 1 heterocycles. The maximum atomic E-state index is 6.27. The van der Waals surface area contributed by atoms with Crippen molar-refractivity contribution in [2.45, 2.75) is 31.8 Å². The molecule has 0 radical (unpaired) electrons. The maximum Gasteiger partial charge on any atom is 0.0781 e. The van der Waals surface area contributed by atoms with Crippen LogP contribution in [-0.2, 0) is 0 Å². The fourth-order valence-electron chi connectivity index (χ4n) is 2.62. The normalized spacial score (nSPS) is 22.5. The average molecular weight is 322 g/mol. The lowest BCUT2D eigenvalue weighted by atomic mass is 10.0. The molecule has 0 saturated carbocycles. The number of halogens is 3. The summed E-state index contributed by atoms with van der Waals surface area (Å²) >= 11 is 18.3. The van der Waals surface area contributed by atoms with Crippen molar-refractivity contribution in [3.05, 3.63) is 32.8 Å². The first-order valence-corrected chi connectivity index (χ1v) is 7.70. The molecular formula is C14H19Cl3N2. The van der Waals surface area contributed by atoms with E-state index in [1.54, 1.807) is 6.07 Å². The van der Waals surface area contributed by atoms with Crippen molar-refractivity contribution in [2.75, 3.05) is 20.1 Å². The molecule has 1 aliphatic heterocycles. The first-order chi connectivity index (χ1) is 8.99. The van der Waals surface area contributed by atoms with Crippen LogP contribution in [0.25, 0.3) is 0 Å². The Labute approximate surface area is 130 Å². The minimum atomic E-state index is 0.166. The Morgan fingerprint density at radius 3 is 2.68 bits per heavy atom. The molecule has 0 amide bonds. The lowest BCUT2D eigenvalue weighted by Crippen LogP contribution is -2.44. The number of piperidine rings is 1. The highest BCUT2D eigenvalue weighted by molar-refractivity contribution is 6.48. The van der Waals surface area contributed by atoms with Gasteiger partial charge in [-0.3, -0.25) is 0 Å². The monoisotopic (exact) mass is 320 g/mol. The molecule has 1 aliphatic rings. The van der Waals surface area contributed by atoms with Gasteiger partial charge in [0, 0.05) is 18.6 Å². The van der Waals surface area contributed by atoms with E-state index < -0.39 is 0 Å². The number of hydrogen-bond donors (Lipinski definition) is 1. The zero-order valence-corrected chi connectivity index (χ0v) is 13.5. The van der Waals surface area contributed by atoms with Gasteiger partial charge in [-0.15, -0.1) is 0 Å². The first-order valence-electron chi connectivity index (χ1n) is 6.57. The third-order valence-corrected chi connectivity index (χ3v) is 4.95. The molecule has 0 aromatic heterocycles. The summed E-state index contributed by atoms with van der Waals surface area (Å²) in [4.78, 5) is 2.35. The van der Waals surface area contributed by atoms with E-state index in [2.05, 4.69) is 24.2 Å². The summed E-state index contributed by atoms with van der Waals surface area (Å²) in [7, 11) is 2.16. The van der Waals surface area contributed by atoms with Crippen LogP contribution >= 0.6 is 34.8 Å². The van der Waals surface area contributed by atoms with E-state index in [-0.39, 0.29) is 6.04 Å². The Bertz CT molecular complexity index is 451. The quantitative estimate of drug-likeness (QED) is 0.831. The van der Waals surface area contributed by atoms with Crippen molar-refractivity contribution in [1.29, 1.82) is 0 Å². The summed E-state index contributed by atoms with van der Waals surface area (Å²) in [5.74, 6) is 0. The highest BCUT2D eigenvalue weighted by atomic mass is 35.5. The molecule has 0 aliphatic carbocycles. The molecule has 1 fully saturated rings. The fourth-order valence-corrected chi connectivity index (χ4v) is 3.33. The standard InChI is InChI=1S/C14H19Cl3N2/c1-9(18-10-4-3-7-19(2)8-10)11-5-6-12(15)14(17)13(11)16/h5-6,9-10,18H,3-4,7-8H2,1-2H3. The zero-order chi connectivity index (χ0) is 14.0. The summed E-state index contributed by atoms with van der Waals surface area (Å²) in [5.41, 5.74) is 1.00. The number of nitrogens with one attached hydrogen (secondary N) is 1. The fraction of sp³-hybridized carbons (Fsp3) is 0.571. The lowest BCUT2D eigenvalue weighted by Gasteiger charge is -2.32. The molecule has 1 N–H and O–H groups in total. The van der Waals surface area contributed by atoms with Gasteiger partial charge in [0.15, 0.2) is 0 Å². The van der Waals surface area contributed by atoms with E-state index in [1.165, 1.54) is 19.4 Å². The van der Waals surface area contributed by atoms with Gasteiger partial charge in [0.05, 0.1) is 15.1 Å². The predicted molar refractivity (Wildman–Crippen MR) is 83.5 cm³/mol. The Kier molecular flexibility index (Phi) is 5.38. The number of likely N-dealkylation sites (tertiary alicyclic amines) is 1. The van der Waals surface area contributed by atoms with E-state index in [9.17, 15) is 0 Å². The summed E-state index contributed by atoms with van der Waals surface area (Å²) in [6.07, 6.45) is 2.43. The van der Waals surface area contributed by atoms with E-state index in [1.807, 2.05) is 6.07 Å². The molecule has 2 unspecified atom stereocenters. The molecule has 1 aromatic rings. The molecule has 106 valence electrons. The lowest BCUT2D eigenvalue weighted by molar-refractivity contribution is 0.218. The second kappa shape index (κ2) is 6.64. The molecule has 2 nitrogen and oxygen atoms in total. The number of rotatable bonds is 3. The summed E-state index contributed by atoms with van der Waals surface area (Å²) in [5, 5.41) is 5.12. The first kappa shape index (κ1) is 15.4. The van der Waals surface area contributed by atoms with Gasteiger partial charge < -0.3 is 10.2 Å². The van der Waals surface area contributed by atoms with Crippen LogP contribution in [0.2, 0.25) is 15.1 Å². The second-order valence-corrected chi connectivity index (χ2v) is 6.42. The summed E-state index contributed by atoms with van der Waals surface area (Å²) < 4.78 is 0. The van der Waals surface area contributed by atoms with Gasteiger partial charge in [-0.1, -0.05) is 40.9 Å². The van der Waals surface area contributed by atoms with Crippen LogP contribution in [-0.4, -0.2) is 31.1 Å². The van der Waals surface area contributed by atoms with Gasteiger partial charge >= 0.3 is 0 Å². The third kappa shape index (κ3) is 3.77. The van der Waals surface area contributed by atoms with Crippen LogP contribution in [0.15, 0.2) is 12.1 Å². The van der Waals surface area contributed by atoms with Crippen LogP contribution in [0.5, 0.6) is 0 Å². The molecule has 2 atom stereocenters. The topological polar surface area (TPSA) is 15.3 Å². The highest BCUT2D eigenvalue weighted by Crippen LogP contribution is 2.35. The molecular weight excluding hydrogens is 303 g/mol. The molecule has 1 saturated heterocycles. The Morgan fingerprint density at radius 2 is 2.00 bits per heavy atom. The van der Waals surface area contributed by atoms with Crippen molar-refractivity contribution in [3.63, 3.8) is 0 Å². The molecule has 19 heavy (non-hydrogen) atoms. The Morgan fingerprint density at radius 1 is 1.26 bits per heavy atom. The largest absolute Gasteiger partial charge is 0.306 e. The van der Waals surface area contributed by atoms with Gasteiger partial charge in [-0.25, -0.2) is 0 Å². The van der Waals surface area contributed by atoms with Crippen molar-refractivity contribution in [3.8, 4) is 0 Å². The number of nitrogens with zero attached hydrogens (tertiary/aromatic N) is 1. The van der Waals surface area contributed by atoms with Gasteiger partial charge in [-0.2, -0.15) is 0 Å². The zero-order valence-electron chi connectivity index (χ0n) is 11.2. The molecule has 5 heteroatoms. The van der Waals surface area contributed by atoms with E-state index in [0.717, 1.165) is 12.1 Å². The maximum absolute atomic E-state index is 6.27. The van der Waals surface area contributed by atoms with Crippen molar-refractivity contribution in [2.24, 2.45) is 0 Å². The van der Waals surface area contributed by atoms with Gasteiger partial charge in [0.1, 0.15) is 0 Å². The Balaban J connectivity index is 2.07. The smallest absolute Gasteiger partial charge is 0.0781 e. The van der Waals surface area contributed by atoms with Crippen LogP contribution in [0.1, 0.15) is 31.4 Å². The van der Waals surface area contributed by atoms with Crippen LogP contribution in [0.4, 0.5) is 0 Å². The minimum Gasteiger partial charge on any atom is -0.306 e. The molecule has 1 aromatic carbocycles. The second-order valence-electron chi connectivity index (χ2n) is 5.25.